The largest absolute Gasteiger partial charge is 0.431 e. The van der Waals surface area contributed by atoms with Gasteiger partial charge in [0.15, 0.2) is 5.66 Å². The molecular weight excluding hydrogens is 576 g/mol. The van der Waals surface area contributed by atoms with Crippen LogP contribution in [-0.2, 0) is 11.1 Å². The second kappa shape index (κ2) is 9.14. The minimum atomic E-state index is -4.56. The number of fused-ring (bicyclic) bond motifs is 5. The summed E-state index contributed by atoms with van der Waals surface area (Å²) in [7, 11) is 0. The van der Waals surface area contributed by atoms with Crippen molar-refractivity contribution < 1.29 is 17.6 Å². The average Bonchev–Trinajstić information content (AvgIpc) is 3.58. The molecule has 1 spiro atoms. The van der Waals surface area contributed by atoms with Crippen molar-refractivity contribution in [3.63, 3.8) is 0 Å². The fraction of sp³-hybridized carbons (Fsp3) is 0.432. The lowest BCUT2D eigenvalue weighted by Gasteiger charge is -2.65. The Bertz CT molecular complexity index is 1790. The highest BCUT2D eigenvalue weighted by Gasteiger charge is 2.71. The number of hydrogen-bond acceptors (Lipinski definition) is 4. The molecule has 2 atom stereocenters. The van der Waals surface area contributed by atoms with E-state index in [0.29, 0.717) is 29.8 Å². The molecule has 0 saturated heterocycles. The third-order valence-corrected chi connectivity index (χ3v) is 11.5. The monoisotopic (exact) mass is 614 g/mol. The molecule has 0 saturated carbocycles. The Kier molecular flexibility index (Phi) is 5.82. The van der Waals surface area contributed by atoms with Crippen LogP contribution in [0.5, 0.6) is 0 Å². The van der Waals surface area contributed by atoms with Crippen LogP contribution in [0, 0.1) is 11.7 Å². The Balaban J connectivity index is 1.51. The summed E-state index contributed by atoms with van der Waals surface area (Å²) >= 11 is 0. The van der Waals surface area contributed by atoms with Crippen LogP contribution >= 0.6 is 0 Å². The first-order valence-corrected chi connectivity index (χ1v) is 16.3. The summed E-state index contributed by atoms with van der Waals surface area (Å²) in [4.78, 5) is 4.44. The highest BCUT2D eigenvalue weighted by molar-refractivity contribution is 5.94. The van der Waals surface area contributed by atoms with Gasteiger partial charge in [-0.1, -0.05) is 77.0 Å². The molecule has 1 aromatic carbocycles. The molecule has 0 fully saturated rings. The lowest BCUT2D eigenvalue weighted by atomic mass is 9.56. The van der Waals surface area contributed by atoms with E-state index in [1.165, 1.54) is 17.2 Å². The number of halogens is 4. The summed E-state index contributed by atoms with van der Waals surface area (Å²) in [5.74, 6) is -0.228. The van der Waals surface area contributed by atoms with Crippen molar-refractivity contribution in [1.29, 1.82) is 0 Å². The van der Waals surface area contributed by atoms with Crippen molar-refractivity contribution in [2.45, 2.75) is 95.9 Å². The first kappa shape index (κ1) is 28.6. The Hall–Kier alpha value is -3.81. The van der Waals surface area contributed by atoms with Crippen molar-refractivity contribution >= 4 is 11.4 Å². The van der Waals surface area contributed by atoms with E-state index in [4.69, 9.17) is 0 Å². The normalized spacial score (nSPS) is 27.6. The third kappa shape index (κ3) is 3.21. The SMILES string of the molecule is CCCCC1=CC=C2C3=C4c5c(ccc(F)c5C2(C)C)C2(N5C=CC=CC5=C5CC(C(F)(F)F)=NN52)C(CC)(CC)N4C=CC13. The highest BCUT2D eigenvalue weighted by Crippen LogP contribution is 2.68. The molecule has 4 nitrogen and oxygen atoms in total. The molecule has 1 aromatic rings. The van der Waals surface area contributed by atoms with Crippen LogP contribution in [0.3, 0.4) is 0 Å². The summed E-state index contributed by atoms with van der Waals surface area (Å²) in [6.07, 6.45) is 16.1. The van der Waals surface area contributed by atoms with E-state index in [1.54, 1.807) is 5.01 Å². The Labute approximate surface area is 262 Å². The minimum absolute atomic E-state index is 0.0686. The van der Waals surface area contributed by atoms with Crippen molar-refractivity contribution in [3.05, 3.63) is 112 Å². The summed E-state index contributed by atoms with van der Waals surface area (Å²) < 4.78 is 59.6. The van der Waals surface area contributed by atoms with Gasteiger partial charge in [-0.2, -0.15) is 18.3 Å². The second-order valence-corrected chi connectivity index (χ2v) is 13.7. The van der Waals surface area contributed by atoms with Crippen LogP contribution in [-0.4, -0.2) is 32.2 Å². The van der Waals surface area contributed by atoms with Gasteiger partial charge in [-0.05, 0) is 55.0 Å². The maximum absolute atomic E-state index is 16.4. The molecule has 5 heterocycles. The zero-order valence-electron chi connectivity index (χ0n) is 26.4. The third-order valence-electron chi connectivity index (χ3n) is 11.5. The Morgan fingerprint density at radius 2 is 1.78 bits per heavy atom. The predicted molar refractivity (Wildman–Crippen MR) is 169 cm³/mol. The van der Waals surface area contributed by atoms with E-state index in [0.717, 1.165) is 41.7 Å². The van der Waals surface area contributed by atoms with Gasteiger partial charge >= 0.3 is 6.18 Å². The van der Waals surface area contributed by atoms with Crippen molar-refractivity contribution in [2.75, 3.05) is 0 Å². The molecule has 0 N–H and O–H groups in total. The fourth-order valence-electron chi connectivity index (χ4n) is 9.55. The van der Waals surface area contributed by atoms with Gasteiger partial charge < -0.3 is 9.80 Å². The van der Waals surface area contributed by atoms with Crippen LogP contribution in [0.4, 0.5) is 17.6 Å². The van der Waals surface area contributed by atoms with Crippen molar-refractivity contribution in [2.24, 2.45) is 11.0 Å². The van der Waals surface area contributed by atoms with Crippen LogP contribution in [0.15, 0.2) is 94.2 Å². The van der Waals surface area contributed by atoms with E-state index >= 15 is 4.39 Å². The van der Waals surface area contributed by atoms with E-state index in [-0.39, 0.29) is 18.2 Å². The van der Waals surface area contributed by atoms with Gasteiger partial charge in [-0.3, -0.25) is 0 Å². The van der Waals surface area contributed by atoms with Crippen molar-refractivity contribution in [3.8, 4) is 0 Å². The number of nitrogens with zero attached hydrogens (tertiary/aromatic N) is 4. The average molecular weight is 615 g/mol. The maximum Gasteiger partial charge on any atom is 0.431 e. The van der Waals surface area contributed by atoms with Crippen LogP contribution < -0.4 is 0 Å². The molecule has 0 radical (unpaired) electrons. The molecule has 2 aliphatic carbocycles. The summed E-state index contributed by atoms with van der Waals surface area (Å²) in [5.41, 5.74) is 4.69. The van der Waals surface area contributed by atoms with Gasteiger partial charge in [-0.15, -0.1) is 0 Å². The molecule has 8 heteroatoms. The maximum atomic E-state index is 16.4. The number of hydrogen-bond donors (Lipinski definition) is 0. The number of benzene rings is 1. The lowest BCUT2D eigenvalue weighted by molar-refractivity contribution is -0.0965. The van der Waals surface area contributed by atoms with Crippen LogP contribution in [0.1, 0.15) is 89.8 Å². The van der Waals surface area contributed by atoms with Gasteiger partial charge in [-0.25, -0.2) is 9.40 Å². The number of unbranched alkanes of at least 4 members (excludes halogenated alkanes) is 1. The number of allylic oxidation sites excluding steroid dienone is 10. The van der Waals surface area contributed by atoms with Crippen LogP contribution in [0.25, 0.3) is 5.70 Å². The number of rotatable bonds is 5. The van der Waals surface area contributed by atoms with Gasteiger partial charge in [0.1, 0.15) is 11.5 Å². The zero-order valence-corrected chi connectivity index (χ0v) is 26.4. The smallest absolute Gasteiger partial charge is 0.337 e. The van der Waals surface area contributed by atoms with E-state index < -0.39 is 28.5 Å². The Morgan fingerprint density at radius 1 is 1.00 bits per heavy atom. The molecule has 0 amide bonds. The molecular formula is C37H38F4N4. The molecule has 234 valence electrons. The van der Waals surface area contributed by atoms with Gasteiger partial charge in [0.05, 0.1) is 22.6 Å². The first-order valence-electron chi connectivity index (χ1n) is 16.3. The quantitative estimate of drug-likeness (QED) is 0.309. The zero-order chi connectivity index (χ0) is 31.7. The number of alkyl halides is 3. The fourth-order valence-corrected chi connectivity index (χ4v) is 9.55. The summed E-state index contributed by atoms with van der Waals surface area (Å²) in [5, 5.41) is 6.12. The molecule has 2 unspecified atom stereocenters. The molecule has 5 aliphatic heterocycles. The molecule has 7 aliphatic rings. The first-order chi connectivity index (χ1) is 21.5. The Morgan fingerprint density at radius 3 is 2.49 bits per heavy atom. The second-order valence-electron chi connectivity index (χ2n) is 13.7. The van der Waals surface area contributed by atoms with E-state index in [1.807, 2.05) is 30.5 Å². The molecule has 0 bridgehead atoms. The predicted octanol–water partition coefficient (Wildman–Crippen LogP) is 9.29. The standard InChI is InChI=1S/C37H38F4N4/c1-6-9-12-22-14-15-24-30-23(22)18-20-44-33(30)31-25(16-17-26(38)32(31)34(24,4)5)36(35(44,7-2)8-3)43-19-11-10-13-27(43)28-21-29(37(39,40)41)42-45(28)36/h10-11,13-20,23H,6-9,12,21H2,1-5H3. The minimum Gasteiger partial charge on any atom is -0.337 e. The summed E-state index contributed by atoms with van der Waals surface area (Å²) in [6.45, 7) is 10.6. The van der Waals surface area contributed by atoms with Crippen molar-refractivity contribution in [1.82, 2.24) is 14.8 Å². The van der Waals surface area contributed by atoms with Gasteiger partial charge in [0, 0.05) is 46.8 Å². The number of hydrazone groups is 1. The highest BCUT2D eigenvalue weighted by atomic mass is 19.4. The molecule has 45 heavy (non-hydrogen) atoms. The van der Waals surface area contributed by atoms with E-state index in [2.05, 4.69) is 73.9 Å². The lowest BCUT2D eigenvalue weighted by Crippen LogP contribution is -2.72. The van der Waals surface area contributed by atoms with Crippen LogP contribution in [0.2, 0.25) is 0 Å². The molecule has 0 aromatic heterocycles. The topological polar surface area (TPSA) is 22.1 Å². The summed E-state index contributed by atoms with van der Waals surface area (Å²) in [6, 6.07) is 3.37. The molecule has 8 rings (SSSR count). The van der Waals surface area contributed by atoms with Gasteiger partial charge in [0.25, 0.3) is 0 Å². The van der Waals surface area contributed by atoms with Gasteiger partial charge in [0.2, 0.25) is 0 Å². The van der Waals surface area contributed by atoms with E-state index in [9.17, 15) is 13.2 Å².